The Hall–Kier alpha value is -8.56. The van der Waals surface area contributed by atoms with Crippen LogP contribution in [0.3, 0.4) is 0 Å². The van der Waals surface area contributed by atoms with Gasteiger partial charge in [-0.25, -0.2) is 0 Å². The van der Waals surface area contributed by atoms with Gasteiger partial charge < -0.3 is 101 Å². The summed E-state index contributed by atoms with van der Waals surface area (Å²) < 4.78 is 0. The van der Waals surface area contributed by atoms with Gasteiger partial charge in [-0.3, -0.25) is 67.1 Å². The molecule has 110 heavy (non-hydrogen) atoms. The Bertz CT molecular complexity index is 3170. The third-order valence-corrected chi connectivity index (χ3v) is 19.5. The molecule has 2 aliphatic heterocycles. The molecule has 14 amide bonds. The molecule has 20 N–H and O–H groups in total. The van der Waals surface area contributed by atoms with E-state index in [2.05, 4.69) is 58.5 Å². The normalized spacial score (nSPS) is 25.1. The number of hydrogen-bond acceptors (Lipinski definition) is 19. The van der Waals surface area contributed by atoms with Crippen LogP contribution in [0.2, 0.25) is 0 Å². The summed E-state index contributed by atoms with van der Waals surface area (Å²) in [6.45, 7) is 20.9. The summed E-state index contributed by atoms with van der Waals surface area (Å²) in [5.41, 5.74) is 24.0. The van der Waals surface area contributed by atoms with Gasteiger partial charge in [-0.15, -0.1) is 0 Å². The molecule has 0 aliphatic carbocycles. The van der Waals surface area contributed by atoms with Crippen molar-refractivity contribution in [1.29, 1.82) is 0 Å². The Balaban J connectivity index is 2.28. The number of carbonyl (C=O) groups excluding carboxylic acids is 14. The van der Waals surface area contributed by atoms with E-state index in [1.807, 2.05) is 41.5 Å². The van der Waals surface area contributed by atoms with Crippen molar-refractivity contribution in [3.63, 3.8) is 0 Å². The maximum Gasteiger partial charge on any atom is 0.246 e. The minimum absolute atomic E-state index is 0.0328. The molecule has 0 aromatic heterocycles. The number of amides is 14. The van der Waals surface area contributed by atoms with E-state index in [-0.39, 0.29) is 114 Å². The second-order valence-electron chi connectivity index (χ2n) is 31.8. The lowest BCUT2D eigenvalue weighted by molar-refractivity contribution is -0.143. The van der Waals surface area contributed by atoms with Crippen molar-refractivity contribution < 1.29 is 72.2 Å². The van der Waals surface area contributed by atoms with Crippen molar-refractivity contribution in [2.45, 2.75) is 271 Å². The summed E-state index contributed by atoms with van der Waals surface area (Å²) in [5.74, 6) is -12.9. The van der Waals surface area contributed by atoms with Crippen LogP contribution in [-0.4, -0.2) is 235 Å². The molecule has 0 spiro atoms. The number of rotatable bonds is 27. The number of carbonyl (C=O) groups is 14. The Morgan fingerprint density at radius 3 is 1.07 bits per heavy atom. The SMILES string of the molecule is CC(C)C[C@@H]1NC(=O)CN(C)C(=O)CN(C)C(=O)[C@H](C(C)C)NC(=O)[C@H](CCCCN)NC(=O)[C@H](CC(C)C)NC(=O)[C@H](CCCCN)NC(=O)[C@H](C(C)C)NC(=O)[C@@H]2CCCN2C(=O)[C@@H](Cc2ccc(O)cc2)NC(=O)[C@H](CC(C)C)NC(=O)[C@H](CCCCN)NC(=O)[C@H](C(C)C)NC(=O)[C@H](CCCCN)NC1=O. The molecule has 622 valence electrons. The highest BCUT2D eigenvalue weighted by atomic mass is 16.3. The van der Waals surface area contributed by atoms with Gasteiger partial charge in [0.05, 0.1) is 13.1 Å². The average Bonchev–Trinajstić information content (AvgIpc) is 1.62. The van der Waals surface area contributed by atoms with Crippen molar-refractivity contribution in [2.24, 2.45) is 58.4 Å². The van der Waals surface area contributed by atoms with E-state index in [9.17, 15) is 67.4 Å². The fourth-order valence-electron chi connectivity index (χ4n) is 13.1. The molecule has 1 aromatic rings. The van der Waals surface area contributed by atoms with Gasteiger partial charge in [0, 0.05) is 27.1 Å². The number of hydrogen-bond donors (Lipinski definition) is 16. The summed E-state index contributed by atoms with van der Waals surface area (Å²) in [6, 6.07) is -9.49. The van der Waals surface area contributed by atoms with Gasteiger partial charge in [0.2, 0.25) is 82.7 Å². The van der Waals surface area contributed by atoms with Crippen molar-refractivity contribution in [3.8, 4) is 5.75 Å². The molecular formula is C77H134N18O15. The fourth-order valence-corrected chi connectivity index (χ4v) is 13.1. The van der Waals surface area contributed by atoms with E-state index in [4.69, 9.17) is 22.9 Å². The first-order chi connectivity index (χ1) is 51.9. The summed E-state index contributed by atoms with van der Waals surface area (Å²) >= 11 is 0. The lowest BCUT2D eigenvalue weighted by Gasteiger charge is -2.32. The van der Waals surface area contributed by atoms with E-state index in [1.165, 1.54) is 31.1 Å². The minimum atomic E-state index is -1.39. The largest absolute Gasteiger partial charge is 0.508 e. The number of aromatic hydroxyl groups is 1. The van der Waals surface area contributed by atoms with Crippen LogP contribution in [0, 0.1) is 35.5 Å². The third kappa shape index (κ3) is 32.8. The van der Waals surface area contributed by atoms with Crippen LogP contribution >= 0.6 is 0 Å². The molecule has 2 fully saturated rings. The van der Waals surface area contributed by atoms with Gasteiger partial charge in [-0.2, -0.15) is 0 Å². The zero-order chi connectivity index (χ0) is 82.6. The van der Waals surface area contributed by atoms with Gasteiger partial charge in [0.15, 0.2) is 0 Å². The smallest absolute Gasteiger partial charge is 0.246 e. The monoisotopic (exact) mass is 1550 g/mol. The van der Waals surface area contributed by atoms with Crippen LogP contribution in [0.5, 0.6) is 5.75 Å². The number of unbranched alkanes of at least 4 members (excludes halogenated alkanes) is 4. The lowest BCUT2D eigenvalue weighted by atomic mass is 9.98. The number of likely N-dealkylation sites (N-methyl/N-ethyl adjacent to an activating group) is 2. The van der Waals surface area contributed by atoms with Crippen LogP contribution < -0.4 is 81.4 Å². The van der Waals surface area contributed by atoms with Crippen molar-refractivity contribution in [2.75, 3.05) is 59.9 Å². The first-order valence-corrected chi connectivity index (χ1v) is 39.6. The Labute approximate surface area is 650 Å². The molecule has 12 atom stereocenters. The van der Waals surface area contributed by atoms with E-state index >= 15 is 4.79 Å². The molecule has 2 heterocycles. The second kappa shape index (κ2) is 49.0. The predicted molar refractivity (Wildman–Crippen MR) is 418 cm³/mol. The standard InChI is InChI=1S/C77H134N18O15/c1-44(2)38-56-70(103)83-54(26-17-21-35-80)68(101)90-63(47(7)8)74(107)85-52(24-15-19-33-78)67(100)88-58(40-46(5)6)72(105)89-59(41-50-29-31-51(96)32-30-50)76(109)95-37-23-28-60(95)73(106)91-64(48(9)10)75(108)86-53(25-16-20-34-79)66(99)87-57(39-45(3)4)71(104)84-55(27-18-22-36-81)69(102)92-65(49(11)12)77(110)94(14)43-62(98)93(13)42-61(97)82-56/h29-32,44-49,52-60,63-65,96H,15-28,33-43,78-81H2,1-14H3,(H,82,97)(H,83,103)(H,84,104)(H,85,107)(H,86,108)(H,87,99)(H,88,100)(H,89,105)(H,90,101)(H,91,106)(H,92,102)/t52-,53-,54-,55-,56-,57-,58-,59+,60-,63-,64-,65-/m0/s1. The Kier molecular flexibility index (Phi) is 42.6. The zero-order valence-electron chi connectivity index (χ0n) is 67.7. The highest BCUT2D eigenvalue weighted by Gasteiger charge is 2.43. The van der Waals surface area contributed by atoms with Crippen molar-refractivity contribution >= 4 is 82.7 Å². The molecule has 3 rings (SSSR count). The second-order valence-corrected chi connectivity index (χ2v) is 31.8. The van der Waals surface area contributed by atoms with Crippen LogP contribution in [0.25, 0.3) is 0 Å². The molecule has 0 radical (unpaired) electrons. The molecule has 1 aromatic carbocycles. The summed E-state index contributed by atoms with van der Waals surface area (Å²) in [4.78, 5) is 208. The minimum Gasteiger partial charge on any atom is -0.508 e. The number of phenolic OH excluding ortho intramolecular Hbond substituents is 1. The van der Waals surface area contributed by atoms with Gasteiger partial charge in [0.1, 0.15) is 78.3 Å². The number of nitrogens with one attached hydrogen (secondary N) is 11. The molecule has 0 bridgehead atoms. The van der Waals surface area contributed by atoms with Crippen LogP contribution in [0.4, 0.5) is 0 Å². The number of fused-ring (bicyclic) bond motifs is 1. The summed E-state index contributed by atoms with van der Waals surface area (Å²) in [7, 11) is 2.67. The van der Waals surface area contributed by atoms with Crippen LogP contribution in [0.15, 0.2) is 24.3 Å². The fraction of sp³-hybridized carbons (Fsp3) is 0.740. The molecule has 0 unspecified atom stereocenters. The first-order valence-electron chi connectivity index (χ1n) is 39.6. The maximum atomic E-state index is 15.2. The molecule has 2 saturated heterocycles. The number of nitrogens with zero attached hydrogens (tertiary/aromatic N) is 3. The van der Waals surface area contributed by atoms with Crippen LogP contribution in [0.1, 0.15) is 198 Å². The first kappa shape index (κ1) is 95.6. The lowest BCUT2D eigenvalue weighted by Crippen LogP contribution is -2.61. The van der Waals surface area contributed by atoms with Gasteiger partial charge >= 0.3 is 0 Å². The summed E-state index contributed by atoms with van der Waals surface area (Å²) in [5, 5.41) is 41.0. The van der Waals surface area contributed by atoms with Gasteiger partial charge in [-0.1, -0.05) is 95.2 Å². The number of benzene rings is 1. The highest BCUT2D eigenvalue weighted by molar-refractivity contribution is 6.00. The van der Waals surface area contributed by atoms with Crippen LogP contribution in [-0.2, 0) is 73.5 Å². The molecule has 0 saturated carbocycles. The van der Waals surface area contributed by atoms with E-state index in [1.54, 1.807) is 53.7 Å². The van der Waals surface area contributed by atoms with E-state index < -0.39 is 186 Å². The van der Waals surface area contributed by atoms with Gasteiger partial charge in [0.25, 0.3) is 0 Å². The van der Waals surface area contributed by atoms with E-state index in [0.29, 0.717) is 63.4 Å². The third-order valence-electron chi connectivity index (χ3n) is 19.5. The van der Waals surface area contributed by atoms with E-state index in [0.717, 1.165) is 9.80 Å². The van der Waals surface area contributed by atoms with Crippen molar-refractivity contribution in [3.05, 3.63) is 29.8 Å². The quantitative estimate of drug-likeness (QED) is 0.0508. The molecular weight excluding hydrogens is 1420 g/mol. The predicted octanol–water partition coefficient (Wildman–Crippen LogP) is -0.189. The van der Waals surface area contributed by atoms with Crippen molar-refractivity contribution in [1.82, 2.24) is 73.2 Å². The topological polar surface area (TPSA) is 505 Å². The maximum absolute atomic E-state index is 15.2. The average molecular weight is 1550 g/mol. The Morgan fingerprint density at radius 2 is 0.700 bits per heavy atom. The molecule has 33 nitrogen and oxygen atoms in total. The Morgan fingerprint density at radius 1 is 0.373 bits per heavy atom. The number of phenols is 1. The highest BCUT2D eigenvalue weighted by Crippen LogP contribution is 2.23. The zero-order valence-corrected chi connectivity index (χ0v) is 67.7. The van der Waals surface area contributed by atoms with Gasteiger partial charge in [-0.05, 0) is 189 Å². The molecule has 33 heteroatoms. The number of nitrogens with two attached hydrogens (primary N) is 4. The molecule has 2 aliphatic rings. The summed E-state index contributed by atoms with van der Waals surface area (Å²) in [6.07, 6.45) is 3.89.